The molecule has 1 amide bonds. The van der Waals surface area contributed by atoms with E-state index in [2.05, 4.69) is 15.4 Å². The van der Waals surface area contributed by atoms with Crippen molar-refractivity contribution in [1.82, 2.24) is 10.6 Å². The molecule has 5 nitrogen and oxygen atoms in total. The zero-order valence-corrected chi connectivity index (χ0v) is 11.5. The Morgan fingerprint density at radius 3 is 2.88 bits per heavy atom. The molecule has 0 aromatic carbocycles. The minimum absolute atomic E-state index is 0. The van der Waals surface area contributed by atoms with Crippen LogP contribution in [0.4, 0.5) is 0 Å². The summed E-state index contributed by atoms with van der Waals surface area (Å²) in [4.78, 5) is 22.3. The van der Waals surface area contributed by atoms with Crippen LogP contribution in [0.25, 0.3) is 0 Å². The molecule has 2 N–H and O–H groups in total. The Bertz CT molecular complexity index is 248. The standard InChI is InChI=1S/C10H18N2O3S.ClH/c1-15-9(13)7-16-6-5-12-10(14)8-3-2-4-11-8;/h8,11H,2-7H2,1H3,(H,12,14);1H. The van der Waals surface area contributed by atoms with E-state index in [0.717, 1.165) is 25.1 Å². The quantitative estimate of drug-likeness (QED) is 0.537. The number of methoxy groups -OCH3 is 1. The number of nitrogens with one attached hydrogen (secondary N) is 2. The first-order valence-electron chi connectivity index (χ1n) is 5.39. The van der Waals surface area contributed by atoms with Crippen molar-refractivity contribution in [1.29, 1.82) is 0 Å². The molecular weight excluding hydrogens is 264 g/mol. The Morgan fingerprint density at radius 1 is 1.53 bits per heavy atom. The molecule has 1 saturated heterocycles. The van der Waals surface area contributed by atoms with Gasteiger partial charge in [0.25, 0.3) is 0 Å². The lowest BCUT2D eigenvalue weighted by molar-refractivity contribution is -0.137. The Labute approximate surface area is 112 Å². The van der Waals surface area contributed by atoms with E-state index in [4.69, 9.17) is 0 Å². The van der Waals surface area contributed by atoms with Crippen LogP contribution in [-0.4, -0.2) is 49.6 Å². The molecule has 1 fully saturated rings. The maximum atomic E-state index is 11.5. The molecule has 0 saturated carbocycles. The maximum absolute atomic E-state index is 11.5. The fourth-order valence-electron chi connectivity index (χ4n) is 1.49. The minimum Gasteiger partial charge on any atom is -0.468 e. The molecule has 0 aliphatic carbocycles. The molecule has 100 valence electrons. The van der Waals surface area contributed by atoms with Gasteiger partial charge in [0, 0.05) is 12.3 Å². The second-order valence-electron chi connectivity index (χ2n) is 3.57. The number of esters is 1. The van der Waals surface area contributed by atoms with Crippen molar-refractivity contribution in [3.63, 3.8) is 0 Å². The van der Waals surface area contributed by atoms with Gasteiger partial charge in [0.15, 0.2) is 0 Å². The average Bonchev–Trinajstić information content (AvgIpc) is 2.81. The second kappa shape index (κ2) is 9.56. The van der Waals surface area contributed by atoms with Crippen LogP contribution in [0.5, 0.6) is 0 Å². The van der Waals surface area contributed by atoms with E-state index < -0.39 is 0 Å². The zero-order valence-electron chi connectivity index (χ0n) is 9.86. The van der Waals surface area contributed by atoms with Gasteiger partial charge in [-0.25, -0.2) is 0 Å². The monoisotopic (exact) mass is 282 g/mol. The summed E-state index contributed by atoms with van der Waals surface area (Å²) in [5.41, 5.74) is 0. The number of ether oxygens (including phenoxy) is 1. The summed E-state index contributed by atoms with van der Waals surface area (Å²) in [6.07, 6.45) is 1.98. The van der Waals surface area contributed by atoms with Crippen LogP contribution < -0.4 is 10.6 Å². The van der Waals surface area contributed by atoms with Gasteiger partial charge in [-0.1, -0.05) is 0 Å². The van der Waals surface area contributed by atoms with E-state index in [0.29, 0.717) is 12.3 Å². The predicted octanol–water partition coefficient (Wildman–Crippen LogP) is 0.183. The van der Waals surface area contributed by atoms with Crippen molar-refractivity contribution in [2.24, 2.45) is 0 Å². The molecule has 0 aromatic rings. The van der Waals surface area contributed by atoms with Gasteiger partial charge >= 0.3 is 5.97 Å². The van der Waals surface area contributed by atoms with E-state index in [1.54, 1.807) is 0 Å². The fourth-order valence-corrected chi connectivity index (χ4v) is 2.17. The van der Waals surface area contributed by atoms with Gasteiger partial charge in [-0.05, 0) is 19.4 Å². The molecule has 1 atom stereocenters. The number of carbonyl (C=O) groups excluding carboxylic acids is 2. The highest BCUT2D eigenvalue weighted by Gasteiger charge is 2.21. The van der Waals surface area contributed by atoms with Crippen LogP contribution in [0.2, 0.25) is 0 Å². The Morgan fingerprint density at radius 2 is 2.29 bits per heavy atom. The van der Waals surface area contributed by atoms with Crippen LogP contribution in [0.3, 0.4) is 0 Å². The SMILES string of the molecule is COC(=O)CSCCNC(=O)C1CCCN1.Cl. The maximum Gasteiger partial charge on any atom is 0.315 e. The minimum atomic E-state index is -0.228. The Balaban J connectivity index is 0.00000256. The summed E-state index contributed by atoms with van der Waals surface area (Å²) >= 11 is 1.46. The lowest BCUT2D eigenvalue weighted by Gasteiger charge is -2.10. The zero-order chi connectivity index (χ0) is 11.8. The normalized spacial score (nSPS) is 18.3. The van der Waals surface area contributed by atoms with E-state index in [1.165, 1.54) is 18.9 Å². The van der Waals surface area contributed by atoms with E-state index in [-0.39, 0.29) is 30.3 Å². The van der Waals surface area contributed by atoms with E-state index in [9.17, 15) is 9.59 Å². The molecule has 0 aromatic heterocycles. The second-order valence-corrected chi connectivity index (χ2v) is 4.67. The number of carbonyl (C=O) groups is 2. The van der Waals surface area contributed by atoms with Gasteiger partial charge in [0.2, 0.25) is 5.91 Å². The molecule has 7 heteroatoms. The molecule has 1 aliphatic rings. The number of hydrogen-bond acceptors (Lipinski definition) is 5. The summed E-state index contributed by atoms with van der Waals surface area (Å²) in [6.45, 7) is 1.52. The molecule has 1 heterocycles. The van der Waals surface area contributed by atoms with Crippen LogP contribution in [0.1, 0.15) is 12.8 Å². The molecule has 0 radical (unpaired) electrons. The van der Waals surface area contributed by atoms with Crippen molar-refractivity contribution < 1.29 is 14.3 Å². The average molecular weight is 283 g/mol. The van der Waals surface area contributed by atoms with E-state index in [1.807, 2.05) is 0 Å². The molecule has 17 heavy (non-hydrogen) atoms. The fraction of sp³-hybridized carbons (Fsp3) is 0.800. The number of hydrogen-bond donors (Lipinski definition) is 2. The number of rotatable bonds is 6. The van der Waals surface area contributed by atoms with Gasteiger partial charge in [0.1, 0.15) is 0 Å². The Hall–Kier alpha value is -0.460. The molecule has 1 rings (SSSR count). The lowest BCUT2D eigenvalue weighted by Crippen LogP contribution is -2.41. The van der Waals surface area contributed by atoms with Crippen molar-refractivity contribution >= 4 is 36.0 Å². The van der Waals surface area contributed by atoms with Gasteiger partial charge < -0.3 is 15.4 Å². The number of halogens is 1. The predicted molar refractivity (Wildman–Crippen MR) is 70.6 cm³/mol. The molecular formula is C10H19ClN2O3S. The highest BCUT2D eigenvalue weighted by Crippen LogP contribution is 2.04. The molecule has 0 spiro atoms. The first kappa shape index (κ1) is 16.5. The summed E-state index contributed by atoms with van der Waals surface area (Å²) in [5, 5.41) is 5.97. The first-order valence-corrected chi connectivity index (χ1v) is 6.55. The Kier molecular flexibility index (Phi) is 9.30. The number of amides is 1. The smallest absolute Gasteiger partial charge is 0.315 e. The van der Waals surface area contributed by atoms with Crippen LogP contribution in [0.15, 0.2) is 0 Å². The van der Waals surface area contributed by atoms with Crippen LogP contribution in [0, 0.1) is 0 Å². The highest BCUT2D eigenvalue weighted by atomic mass is 35.5. The third-order valence-electron chi connectivity index (χ3n) is 2.37. The summed E-state index contributed by atoms with van der Waals surface area (Å²) in [7, 11) is 1.37. The van der Waals surface area contributed by atoms with Crippen LogP contribution in [-0.2, 0) is 14.3 Å². The van der Waals surface area contributed by atoms with Crippen molar-refractivity contribution in [3.8, 4) is 0 Å². The van der Waals surface area contributed by atoms with Crippen molar-refractivity contribution in [2.45, 2.75) is 18.9 Å². The van der Waals surface area contributed by atoms with Gasteiger partial charge in [-0.15, -0.1) is 24.2 Å². The number of thioether (sulfide) groups is 1. The van der Waals surface area contributed by atoms with E-state index >= 15 is 0 Å². The largest absolute Gasteiger partial charge is 0.468 e. The highest BCUT2D eigenvalue weighted by molar-refractivity contribution is 7.99. The third-order valence-corrected chi connectivity index (χ3v) is 3.30. The lowest BCUT2D eigenvalue weighted by atomic mass is 10.2. The van der Waals surface area contributed by atoms with Gasteiger partial charge in [-0.3, -0.25) is 9.59 Å². The molecule has 0 bridgehead atoms. The van der Waals surface area contributed by atoms with Gasteiger partial charge in [0.05, 0.1) is 18.9 Å². The summed E-state index contributed by atoms with van der Waals surface area (Å²) < 4.78 is 4.50. The van der Waals surface area contributed by atoms with Gasteiger partial charge in [-0.2, -0.15) is 0 Å². The summed E-state index contributed by atoms with van der Waals surface area (Å²) in [5.74, 6) is 0.909. The molecule has 1 unspecified atom stereocenters. The molecule has 1 aliphatic heterocycles. The summed E-state index contributed by atoms with van der Waals surface area (Å²) in [6, 6.07) is -0.0226. The van der Waals surface area contributed by atoms with Crippen LogP contribution >= 0.6 is 24.2 Å². The topological polar surface area (TPSA) is 67.4 Å². The third kappa shape index (κ3) is 6.75. The first-order chi connectivity index (χ1) is 7.74. The van der Waals surface area contributed by atoms with Crippen molar-refractivity contribution in [2.75, 3.05) is 31.7 Å². The van der Waals surface area contributed by atoms with Crippen molar-refractivity contribution in [3.05, 3.63) is 0 Å².